The average Bonchev–Trinajstić information content (AvgIpc) is 2.85. The molecule has 1 aliphatic rings. The molecule has 0 aliphatic heterocycles. The molecule has 0 fully saturated rings. The zero-order valence-corrected chi connectivity index (χ0v) is 13.4. The highest BCUT2D eigenvalue weighted by Gasteiger charge is 2.16. The number of hydrogen-bond donors (Lipinski definition) is 1. The van der Waals surface area contributed by atoms with Gasteiger partial charge in [-0.2, -0.15) is 0 Å². The maximum Gasteiger partial charge on any atom is 0.224 e. The monoisotopic (exact) mass is 296 g/mol. The lowest BCUT2D eigenvalue weighted by molar-refractivity contribution is -0.120. The smallest absolute Gasteiger partial charge is 0.224 e. The molecule has 1 amide bonds. The molecular weight excluding hydrogens is 272 g/mol. The molecule has 0 unspecified atom stereocenters. The number of aryl methyl sites for hydroxylation is 1. The Hall–Kier alpha value is -2.03. The van der Waals surface area contributed by atoms with Crippen LogP contribution in [0.25, 0.3) is 10.9 Å². The highest BCUT2D eigenvalue weighted by molar-refractivity contribution is 5.89. The molecule has 1 heterocycles. The first kappa shape index (κ1) is 14.9. The van der Waals surface area contributed by atoms with E-state index in [9.17, 15) is 4.79 Å². The predicted octanol–water partition coefficient (Wildman–Crippen LogP) is 3.73. The number of hydrogen-bond acceptors (Lipinski definition) is 1. The second kappa shape index (κ2) is 6.39. The zero-order valence-electron chi connectivity index (χ0n) is 13.4. The Kier molecular flexibility index (Phi) is 4.32. The summed E-state index contributed by atoms with van der Waals surface area (Å²) in [7, 11) is 2.03. The molecular formula is C19H24N2O. The number of allylic oxidation sites excluding steroid dienone is 1. The first-order chi connectivity index (χ1) is 10.6. The summed E-state index contributed by atoms with van der Waals surface area (Å²) in [5.74, 6) is 0.107. The SMILES string of the molecule is C[C@@H](NC(=O)Cc1cn(C)c2ccccc12)C1=CCCCC1. The van der Waals surface area contributed by atoms with E-state index in [0.29, 0.717) is 6.42 Å². The van der Waals surface area contributed by atoms with Crippen molar-refractivity contribution in [2.24, 2.45) is 7.05 Å². The highest BCUT2D eigenvalue weighted by Crippen LogP contribution is 2.22. The van der Waals surface area contributed by atoms with E-state index in [1.54, 1.807) is 0 Å². The van der Waals surface area contributed by atoms with Crippen LogP contribution in [0.1, 0.15) is 38.2 Å². The molecule has 0 bridgehead atoms. The molecule has 1 aliphatic carbocycles. The van der Waals surface area contributed by atoms with Gasteiger partial charge in [0.25, 0.3) is 0 Å². The molecule has 3 nitrogen and oxygen atoms in total. The van der Waals surface area contributed by atoms with Crippen LogP contribution >= 0.6 is 0 Å². The molecule has 0 saturated carbocycles. The molecule has 22 heavy (non-hydrogen) atoms. The number of para-hydroxylation sites is 1. The van der Waals surface area contributed by atoms with E-state index in [2.05, 4.69) is 41.2 Å². The fraction of sp³-hybridized carbons (Fsp3) is 0.421. The van der Waals surface area contributed by atoms with Crippen molar-refractivity contribution >= 4 is 16.8 Å². The summed E-state index contributed by atoms with van der Waals surface area (Å²) < 4.78 is 2.09. The average molecular weight is 296 g/mol. The Morgan fingerprint density at radius 2 is 2.14 bits per heavy atom. The zero-order chi connectivity index (χ0) is 15.5. The maximum atomic E-state index is 12.4. The van der Waals surface area contributed by atoms with Gasteiger partial charge in [-0.25, -0.2) is 0 Å². The van der Waals surface area contributed by atoms with Crippen LogP contribution in [-0.2, 0) is 18.3 Å². The Balaban J connectivity index is 1.69. The number of nitrogens with zero attached hydrogens (tertiary/aromatic N) is 1. The number of rotatable bonds is 4. The van der Waals surface area contributed by atoms with Crippen molar-refractivity contribution in [3.8, 4) is 0 Å². The number of amides is 1. The largest absolute Gasteiger partial charge is 0.350 e. The van der Waals surface area contributed by atoms with E-state index in [1.807, 2.05) is 19.2 Å². The van der Waals surface area contributed by atoms with Crippen LogP contribution < -0.4 is 5.32 Å². The minimum atomic E-state index is 0.107. The molecule has 1 aromatic heterocycles. The van der Waals surface area contributed by atoms with E-state index in [4.69, 9.17) is 0 Å². The second-order valence-electron chi connectivity index (χ2n) is 6.27. The Labute approximate surface area is 132 Å². The summed E-state index contributed by atoms with van der Waals surface area (Å²) in [5.41, 5.74) is 3.66. The van der Waals surface area contributed by atoms with Crippen molar-refractivity contribution in [1.82, 2.24) is 9.88 Å². The number of fused-ring (bicyclic) bond motifs is 1. The van der Waals surface area contributed by atoms with Gasteiger partial charge in [0.15, 0.2) is 0 Å². The third kappa shape index (κ3) is 3.08. The minimum Gasteiger partial charge on any atom is -0.350 e. The summed E-state index contributed by atoms with van der Waals surface area (Å²) in [6.07, 6.45) is 9.60. The van der Waals surface area contributed by atoms with Crippen molar-refractivity contribution in [2.45, 2.75) is 45.1 Å². The topological polar surface area (TPSA) is 34.0 Å². The van der Waals surface area contributed by atoms with Gasteiger partial charge < -0.3 is 9.88 Å². The summed E-state index contributed by atoms with van der Waals surface area (Å²) >= 11 is 0. The van der Waals surface area contributed by atoms with Crippen molar-refractivity contribution in [3.05, 3.63) is 47.7 Å². The number of benzene rings is 1. The van der Waals surface area contributed by atoms with Crippen LogP contribution in [0.15, 0.2) is 42.1 Å². The van der Waals surface area contributed by atoms with E-state index in [-0.39, 0.29) is 11.9 Å². The van der Waals surface area contributed by atoms with Crippen LogP contribution in [-0.4, -0.2) is 16.5 Å². The van der Waals surface area contributed by atoms with Crippen molar-refractivity contribution in [2.75, 3.05) is 0 Å². The van der Waals surface area contributed by atoms with Gasteiger partial charge in [-0.1, -0.05) is 29.8 Å². The second-order valence-corrected chi connectivity index (χ2v) is 6.27. The van der Waals surface area contributed by atoms with E-state index in [1.165, 1.54) is 29.3 Å². The molecule has 1 N–H and O–H groups in total. The standard InChI is InChI=1S/C19H24N2O/c1-14(15-8-4-3-5-9-15)20-19(22)12-16-13-21(2)18-11-7-6-10-17(16)18/h6-8,10-11,13-14H,3-5,9,12H2,1-2H3,(H,20,22)/t14-/m1/s1. The lowest BCUT2D eigenvalue weighted by atomic mass is 9.94. The van der Waals surface area contributed by atoms with Gasteiger partial charge in [0, 0.05) is 30.2 Å². The molecule has 3 heteroatoms. The van der Waals surface area contributed by atoms with Crippen molar-refractivity contribution in [3.63, 3.8) is 0 Å². The number of carbonyl (C=O) groups is 1. The Bertz CT molecular complexity index is 711. The quantitative estimate of drug-likeness (QED) is 0.857. The van der Waals surface area contributed by atoms with Crippen LogP contribution in [0.5, 0.6) is 0 Å². The molecule has 1 atom stereocenters. The summed E-state index contributed by atoms with van der Waals surface area (Å²) in [4.78, 5) is 12.4. The van der Waals surface area contributed by atoms with Gasteiger partial charge in [-0.15, -0.1) is 0 Å². The lowest BCUT2D eigenvalue weighted by Gasteiger charge is -2.20. The molecule has 1 aromatic carbocycles. The van der Waals surface area contributed by atoms with E-state index < -0.39 is 0 Å². The fourth-order valence-corrected chi connectivity index (χ4v) is 3.38. The fourth-order valence-electron chi connectivity index (χ4n) is 3.38. The molecule has 0 spiro atoms. The van der Waals surface area contributed by atoms with Crippen molar-refractivity contribution < 1.29 is 4.79 Å². The van der Waals surface area contributed by atoms with Gasteiger partial charge in [0.2, 0.25) is 5.91 Å². The number of nitrogens with one attached hydrogen (secondary N) is 1. The third-order valence-corrected chi connectivity index (χ3v) is 4.59. The summed E-state index contributed by atoms with van der Waals surface area (Å²) in [6.45, 7) is 2.10. The maximum absolute atomic E-state index is 12.4. The first-order valence-electron chi connectivity index (χ1n) is 8.16. The van der Waals surface area contributed by atoms with Crippen LogP contribution in [0.3, 0.4) is 0 Å². The van der Waals surface area contributed by atoms with Crippen LogP contribution in [0, 0.1) is 0 Å². The Morgan fingerprint density at radius 1 is 1.32 bits per heavy atom. The summed E-state index contributed by atoms with van der Waals surface area (Å²) in [5, 5.41) is 4.33. The van der Waals surface area contributed by atoms with Gasteiger partial charge >= 0.3 is 0 Å². The van der Waals surface area contributed by atoms with Crippen molar-refractivity contribution in [1.29, 1.82) is 0 Å². The van der Waals surface area contributed by atoms with Gasteiger partial charge in [-0.3, -0.25) is 4.79 Å². The Morgan fingerprint density at radius 3 is 2.91 bits per heavy atom. The van der Waals surface area contributed by atoms with Gasteiger partial charge in [-0.05, 0) is 44.2 Å². The number of carbonyl (C=O) groups excluding carboxylic acids is 1. The molecule has 0 saturated heterocycles. The highest BCUT2D eigenvalue weighted by atomic mass is 16.1. The van der Waals surface area contributed by atoms with Gasteiger partial charge in [0.05, 0.1) is 6.42 Å². The molecule has 2 aromatic rings. The lowest BCUT2D eigenvalue weighted by Crippen LogP contribution is -2.35. The third-order valence-electron chi connectivity index (χ3n) is 4.59. The van der Waals surface area contributed by atoms with Crippen LogP contribution in [0.4, 0.5) is 0 Å². The first-order valence-corrected chi connectivity index (χ1v) is 8.16. The number of aromatic nitrogens is 1. The summed E-state index contributed by atoms with van der Waals surface area (Å²) in [6, 6.07) is 8.39. The van der Waals surface area contributed by atoms with Crippen LogP contribution in [0.2, 0.25) is 0 Å². The molecule has 3 rings (SSSR count). The molecule has 0 radical (unpaired) electrons. The normalized spacial score (nSPS) is 16.4. The van der Waals surface area contributed by atoms with E-state index >= 15 is 0 Å². The minimum absolute atomic E-state index is 0.107. The predicted molar refractivity (Wildman–Crippen MR) is 90.8 cm³/mol. The van der Waals surface area contributed by atoms with E-state index in [0.717, 1.165) is 18.4 Å². The molecule has 116 valence electrons. The van der Waals surface area contributed by atoms with Gasteiger partial charge in [0.1, 0.15) is 0 Å².